The number of oxazole rings is 1. The molecule has 0 atom stereocenters. The Bertz CT molecular complexity index is 1330. The van der Waals surface area contributed by atoms with E-state index in [-0.39, 0.29) is 11.1 Å². The van der Waals surface area contributed by atoms with Gasteiger partial charge in [-0.25, -0.2) is 9.18 Å². The average molecular weight is 445 g/mol. The van der Waals surface area contributed by atoms with Gasteiger partial charge in [0.1, 0.15) is 5.82 Å². The zero-order valence-electron chi connectivity index (χ0n) is 18.2. The van der Waals surface area contributed by atoms with Crippen LogP contribution in [0.4, 0.5) is 4.39 Å². The molecule has 5 rings (SSSR count). The Balaban J connectivity index is 1.29. The van der Waals surface area contributed by atoms with E-state index < -0.39 is 17.4 Å². The average Bonchev–Trinajstić information content (AvgIpc) is 3.15. The molecule has 0 amide bonds. The largest absolute Gasteiger partial charge is 0.421 e. The highest BCUT2D eigenvalue weighted by Gasteiger charge is 2.22. The number of carbonyl (C=O) groups is 1. The summed E-state index contributed by atoms with van der Waals surface area (Å²) in [5.74, 6) is -0.816. The number of halogens is 1. The molecule has 0 bridgehead atoms. The van der Waals surface area contributed by atoms with Gasteiger partial charge in [0.05, 0.1) is 17.7 Å². The van der Waals surface area contributed by atoms with Crippen molar-refractivity contribution < 1.29 is 13.6 Å². The summed E-state index contributed by atoms with van der Waals surface area (Å²) in [5.41, 5.74) is 2.62. The van der Waals surface area contributed by atoms with Gasteiger partial charge in [-0.1, -0.05) is 42.5 Å². The normalized spacial score (nSPS) is 15.2. The molecule has 1 fully saturated rings. The second-order valence-corrected chi connectivity index (χ2v) is 8.68. The van der Waals surface area contributed by atoms with Gasteiger partial charge in [0.2, 0.25) is 0 Å². The molecule has 33 heavy (non-hydrogen) atoms. The second-order valence-electron chi connectivity index (χ2n) is 8.68. The molecule has 0 aliphatic carbocycles. The summed E-state index contributed by atoms with van der Waals surface area (Å²) in [6, 6.07) is 21.3. The van der Waals surface area contributed by atoms with Crippen molar-refractivity contribution in [2.45, 2.75) is 25.9 Å². The van der Waals surface area contributed by atoms with Crippen LogP contribution in [-0.4, -0.2) is 28.3 Å². The minimum absolute atomic E-state index is 0.00277. The maximum absolute atomic E-state index is 14.0. The number of hydrogen-bond acceptors (Lipinski definition) is 4. The highest BCUT2D eigenvalue weighted by Crippen LogP contribution is 2.23. The first-order valence-electron chi connectivity index (χ1n) is 11.3. The molecule has 5 nitrogen and oxygen atoms in total. The molecule has 168 valence electrons. The summed E-state index contributed by atoms with van der Waals surface area (Å²) in [7, 11) is 0. The van der Waals surface area contributed by atoms with Crippen LogP contribution in [-0.2, 0) is 13.1 Å². The van der Waals surface area contributed by atoms with Gasteiger partial charge in [0, 0.05) is 18.7 Å². The summed E-state index contributed by atoms with van der Waals surface area (Å²) in [6.07, 6.45) is 3.25. The van der Waals surface area contributed by atoms with Crippen molar-refractivity contribution in [2.24, 2.45) is 5.92 Å². The van der Waals surface area contributed by atoms with E-state index in [1.807, 2.05) is 6.07 Å². The Morgan fingerprint density at radius 3 is 2.45 bits per heavy atom. The molecule has 6 heteroatoms. The van der Waals surface area contributed by atoms with E-state index in [1.54, 1.807) is 28.8 Å². The topological polar surface area (TPSA) is 55.5 Å². The Kier molecular flexibility index (Phi) is 5.92. The molecule has 1 aromatic heterocycles. The van der Waals surface area contributed by atoms with Crippen LogP contribution >= 0.6 is 0 Å². The van der Waals surface area contributed by atoms with E-state index in [2.05, 4.69) is 29.2 Å². The molecule has 0 spiro atoms. The number of ketones is 1. The van der Waals surface area contributed by atoms with Crippen LogP contribution in [0.3, 0.4) is 0 Å². The third-order valence-electron chi connectivity index (χ3n) is 6.46. The first kappa shape index (κ1) is 21.3. The summed E-state index contributed by atoms with van der Waals surface area (Å²) in [5, 5.41) is 0. The summed E-state index contributed by atoms with van der Waals surface area (Å²) < 4.78 is 21.0. The Hall–Kier alpha value is -3.51. The summed E-state index contributed by atoms with van der Waals surface area (Å²) in [6.45, 7) is 2.28. The van der Waals surface area contributed by atoms with E-state index in [0.29, 0.717) is 23.7 Å². The number of piperidine rings is 1. The first-order valence-corrected chi connectivity index (χ1v) is 11.3. The van der Waals surface area contributed by atoms with Gasteiger partial charge in [-0.15, -0.1) is 0 Å². The number of fused-ring (bicyclic) bond motifs is 1. The zero-order valence-corrected chi connectivity index (χ0v) is 18.2. The summed E-state index contributed by atoms with van der Waals surface area (Å²) >= 11 is 0. The van der Waals surface area contributed by atoms with Gasteiger partial charge in [0.25, 0.3) is 0 Å². The van der Waals surface area contributed by atoms with Crippen molar-refractivity contribution >= 4 is 16.9 Å². The van der Waals surface area contributed by atoms with Crippen LogP contribution in [0.1, 0.15) is 34.3 Å². The van der Waals surface area contributed by atoms with Crippen LogP contribution in [0.15, 0.2) is 82.0 Å². The van der Waals surface area contributed by atoms with E-state index in [0.717, 1.165) is 32.4 Å². The van der Waals surface area contributed by atoms with Gasteiger partial charge < -0.3 is 4.42 Å². The molecule has 1 saturated heterocycles. The minimum Gasteiger partial charge on any atom is -0.408 e. The molecule has 3 aromatic carbocycles. The van der Waals surface area contributed by atoms with Crippen LogP contribution in [0.5, 0.6) is 0 Å². The molecular weight excluding hydrogens is 419 g/mol. The molecule has 0 N–H and O–H groups in total. The van der Waals surface area contributed by atoms with Crippen molar-refractivity contribution in [3.8, 4) is 0 Å². The van der Waals surface area contributed by atoms with E-state index in [9.17, 15) is 14.0 Å². The molecule has 1 aliphatic rings. The number of benzene rings is 3. The van der Waals surface area contributed by atoms with Crippen molar-refractivity contribution in [1.29, 1.82) is 0 Å². The third-order valence-corrected chi connectivity index (χ3v) is 6.46. The lowest BCUT2D eigenvalue weighted by Gasteiger charge is -2.31. The highest BCUT2D eigenvalue weighted by molar-refractivity contribution is 6.10. The van der Waals surface area contributed by atoms with E-state index in [4.69, 9.17) is 4.42 Å². The Morgan fingerprint density at radius 2 is 1.70 bits per heavy atom. The maximum atomic E-state index is 14.0. The van der Waals surface area contributed by atoms with Gasteiger partial charge in [-0.2, -0.15) is 0 Å². The van der Waals surface area contributed by atoms with Crippen LogP contribution in [0, 0.1) is 11.7 Å². The quantitative estimate of drug-likeness (QED) is 0.398. The lowest BCUT2D eigenvalue weighted by Crippen LogP contribution is -2.37. The second kappa shape index (κ2) is 9.16. The van der Waals surface area contributed by atoms with E-state index >= 15 is 0 Å². The van der Waals surface area contributed by atoms with Gasteiger partial charge in [0.15, 0.2) is 11.4 Å². The standard InChI is InChI=1S/C27H25FN2O3/c28-23-9-5-4-8-22(23)26(31)21-10-11-24-25(17-21)33-27(32)30(24)18-29-14-12-20(13-15-29)16-19-6-2-1-3-7-19/h1-11,17,20H,12-16,18H2. The fraction of sp³-hybridized carbons (Fsp3) is 0.259. The zero-order chi connectivity index (χ0) is 22.8. The minimum atomic E-state index is -0.572. The lowest BCUT2D eigenvalue weighted by molar-refractivity contribution is 0.103. The molecule has 1 aliphatic heterocycles. The fourth-order valence-electron chi connectivity index (χ4n) is 4.62. The highest BCUT2D eigenvalue weighted by atomic mass is 19.1. The monoisotopic (exact) mass is 444 g/mol. The van der Waals surface area contributed by atoms with Crippen molar-refractivity contribution in [3.05, 3.63) is 106 Å². The fourth-order valence-corrected chi connectivity index (χ4v) is 4.62. The van der Waals surface area contributed by atoms with Gasteiger partial charge >= 0.3 is 5.76 Å². The van der Waals surface area contributed by atoms with Gasteiger partial charge in [-0.05, 0) is 61.1 Å². The van der Waals surface area contributed by atoms with Crippen molar-refractivity contribution in [2.75, 3.05) is 13.1 Å². The number of rotatable bonds is 6. The summed E-state index contributed by atoms with van der Waals surface area (Å²) in [4.78, 5) is 27.5. The maximum Gasteiger partial charge on any atom is 0.421 e. The number of carbonyl (C=O) groups excluding carboxylic acids is 1. The van der Waals surface area contributed by atoms with Crippen LogP contribution in [0.2, 0.25) is 0 Å². The molecule has 4 aromatic rings. The lowest BCUT2D eigenvalue weighted by atomic mass is 9.90. The number of hydrogen-bond donors (Lipinski definition) is 0. The SMILES string of the molecule is O=C(c1ccc2c(c1)oc(=O)n2CN1CCC(Cc2ccccc2)CC1)c1ccccc1F. The van der Waals surface area contributed by atoms with Gasteiger partial charge in [-0.3, -0.25) is 14.3 Å². The van der Waals surface area contributed by atoms with E-state index in [1.165, 1.54) is 23.8 Å². The van der Waals surface area contributed by atoms with Crippen LogP contribution in [0.25, 0.3) is 11.1 Å². The number of likely N-dealkylation sites (tertiary alicyclic amines) is 1. The molecule has 0 saturated carbocycles. The Morgan fingerprint density at radius 1 is 0.970 bits per heavy atom. The first-order chi connectivity index (χ1) is 16.1. The third kappa shape index (κ3) is 4.52. The van der Waals surface area contributed by atoms with Crippen LogP contribution < -0.4 is 5.76 Å². The van der Waals surface area contributed by atoms with Crippen molar-refractivity contribution in [3.63, 3.8) is 0 Å². The Labute approximate surface area is 191 Å². The number of nitrogens with zero attached hydrogens (tertiary/aromatic N) is 2. The predicted molar refractivity (Wildman–Crippen MR) is 125 cm³/mol. The molecular formula is C27H25FN2O3. The van der Waals surface area contributed by atoms with Crippen molar-refractivity contribution in [1.82, 2.24) is 9.47 Å². The molecule has 0 unspecified atom stereocenters. The molecule has 2 heterocycles. The predicted octanol–water partition coefficient (Wildman–Crippen LogP) is 4.88. The smallest absolute Gasteiger partial charge is 0.408 e. The number of aromatic nitrogens is 1. The molecule has 0 radical (unpaired) electrons.